The lowest BCUT2D eigenvalue weighted by molar-refractivity contribution is 0.322. The molecule has 0 saturated carbocycles. The molecule has 6 nitrogen and oxygen atoms in total. The summed E-state index contributed by atoms with van der Waals surface area (Å²) in [6.45, 7) is 2.81. The van der Waals surface area contributed by atoms with Crippen LogP contribution in [0.5, 0.6) is 17.2 Å². The zero-order valence-corrected chi connectivity index (χ0v) is 16.7. The standard InChI is InChI=1S/C21H29N3O3/c1-15(16-9-7-6-8-10-16)24-21(22-2)23-14-13-17-11-12-18(25-3)20(27-5)19(17)26-4/h6-12,15H,13-14H2,1-5H3,(H2,22,23,24). The molecule has 1 unspecified atom stereocenters. The Labute approximate surface area is 161 Å². The fourth-order valence-corrected chi connectivity index (χ4v) is 2.90. The molecule has 0 bridgehead atoms. The van der Waals surface area contributed by atoms with E-state index in [2.05, 4.69) is 34.7 Å². The number of rotatable bonds is 8. The molecule has 0 fully saturated rings. The number of guanidine groups is 1. The van der Waals surface area contributed by atoms with Crippen molar-refractivity contribution in [3.63, 3.8) is 0 Å². The van der Waals surface area contributed by atoms with Crippen molar-refractivity contribution in [3.8, 4) is 17.2 Å². The molecule has 146 valence electrons. The smallest absolute Gasteiger partial charge is 0.203 e. The van der Waals surface area contributed by atoms with Gasteiger partial charge in [-0.1, -0.05) is 36.4 Å². The number of ether oxygens (including phenoxy) is 3. The first kappa shape index (κ1) is 20.4. The van der Waals surface area contributed by atoms with E-state index in [0.717, 1.165) is 17.9 Å². The van der Waals surface area contributed by atoms with Crippen molar-refractivity contribution in [2.45, 2.75) is 19.4 Å². The Bertz CT molecular complexity index is 748. The number of methoxy groups -OCH3 is 3. The zero-order valence-electron chi connectivity index (χ0n) is 16.7. The molecular weight excluding hydrogens is 342 g/mol. The number of nitrogens with zero attached hydrogens (tertiary/aromatic N) is 1. The average Bonchev–Trinajstić information content (AvgIpc) is 2.72. The van der Waals surface area contributed by atoms with Gasteiger partial charge < -0.3 is 24.8 Å². The molecule has 0 aliphatic carbocycles. The molecule has 0 radical (unpaired) electrons. The Kier molecular flexibility index (Phi) is 7.79. The van der Waals surface area contributed by atoms with Gasteiger partial charge in [0.2, 0.25) is 5.75 Å². The summed E-state index contributed by atoms with van der Waals surface area (Å²) in [5.74, 6) is 2.71. The van der Waals surface area contributed by atoms with E-state index in [9.17, 15) is 0 Å². The highest BCUT2D eigenvalue weighted by atomic mass is 16.5. The second kappa shape index (κ2) is 10.3. The van der Waals surface area contributed by atoms with Crippen LogP contribution in [0.2, 0.25) is 0 Å². The van der Waals surface area contributed by atoms with Crippen LogP contribution in [0.4, 0.5) is 0 Å². The summed E-state index contributed by atoms with van der Waals surface area (Å²) in [5, 5.41) is 6.75. The van der Waals surface area contributed by atoms with Crippen LogP contribution in [0.25, 0.3) is 0 Å². The zero-order chi connectivity index (χ0) is 19.6. The van der Waals surface area contributed by atoms with Gasteiger partial charge in [-0.05, 0) is 25.0 Å². The fraction of sp³-hybridized carbons (Fsp3) is 0.381. The molecule has 0 amide bonds. The average molecular weight is 371 g/mol. The third kappa shape index (κ3) is 5.29. The lowest BCUT2D eigenvalue weighted by Gasteiger charge is -2.19. The maximum Gasteiger partial charge on any atom is 0.203 e. The van der Waals surface area contributed by atoms with Crippen LogP contribution in [0.1, 0.15) is 24.1 Å². The maximum absolute atomic E-state index is 5.54. The van der Waals surface area contributed by atoms with Gasteiger partial charge in [0.25, 0.3) is 0 Å². The summed E-state index contributed by atoms with van der Waals surface area (Å²) in [6.07, 6.45) is 0.754. The molecule has 0 heterocycles. The molecule has 0 aliphatic rings. The van der Waals surface area contributed by atoms with Crippen LogP contribution >= 0.6 is 0 Å². The van der Waals surface area contributed by atoms with Gasteiger partial charge in [0.15, 0.2) is 17.5 Å². The monoisotopic (exact) mass is 371 g/mol. The van der Waals surface area contributed by atoms with E-state index in [1.54, 1.807) is 28.4 Å². The minimum atomic E-state index is 0.160. The van der Waals surface area contributed by atoms with Gasteiger partial charge in [0.1, 0.15) is 0 Å². The van der Waals surface area contributed by atoms with Crippen molar-refractivity contribution in [1.82, 2.24) is 10.6 Å². The number of nitrogens with one attached hydrogen (secondary N) is 2. The highest BCUT2D eigenvalue weighted by Crippen LogP contribution is 2.39. The Morgan fingerprint density at radius 3 is 2.26 bits per heavy atom. The van der Waals surface area contributed by atoms with Crippen molar-refractivity contribution in [1.29, 1.82) is 0 Å². The predicted octanol–water partition coefficient (Wildman–Crippen LogP) is 3.18. The lowest BCUT2D eigenvalue weighted by atomic mass is 10.1. The normalized spacial score (nSPS) is 12.3. The second-order valence-corrected chi connectivity index (χ2v) is 6.02. The molecule has 1 atom stereocenters. The molecule has 2 rings (SSSR count). The largest absolute Gasteiger partial charge is 0.493 e. The van der Waals surface area contributed by atoms with Crippen LogP contribution in [0.15, 0.2) is 47.5 Å². The van der Waals surface area contributed by atoms with E-state index in [-0.39, 0.29) is 6.04 Å². The van der Waals surface area contributed by atoms with Gasteiger partial charge in [-0.3, -0.25) is 4.99 Å². The highest BCUT2D eigenvalue weighted by Gasteiger charge is 2.15. The highest BCUT2D eigenvalue weighted by molar-refractivity contribution is 5.80. The minimum absolute atomic E-state index is 0.160. The molecule has 2 aromatic rings. The Balaban J connectivity index is 1.98. The summed E-state index contributed by atoms with van der Waals surface area (Å²) in [5.41, 5.74) is 2.25. The molecule has 0 saturated heterocycles. The van der Waals surface area contributed by atoms with Crippen molar-refractivity contribution in [2.24, 2.45) is 4.99 Å². The van der Waals surface area contributed by atoms with E-state index < -0.39 is 0 Å². The molecule has 0 aliphatic heterocycles. The van der Waals surface area contributed by atoms with E-state index in [0.29, 0.717) is 23.8 Å². The number of benzene rings is 2. The van der Waals surface area contributed by atoms with Crippen LogP contribution in [-0.4, -0.2) is 40.9 Å². The number of aliphatic imine (C=N–C) groups is 1. The number of hydrogen-bond donors (Lipinski definition) is 2. The molecule has 0 aromatic heterocycles. The van der Waals surface area contributed by atoms with Gasteiger partial charge in [0.05, 0.1) is 27.4 Å². The Hall–Kier alpha value is -2.89. The fourth-order valence-electron chi connectivity index (χ4n) is 2.90. The van der Waals surface area contributed by atoms with Gasteiger partial charge in [-0.2, -0.15) is 0 Å². The van der Waals surface area contributed by atoms with Crippen LogP contribution in [0, 0.1) is 0 Å². The first-order valence-electron chi connectivity index (χ1n) is 8.94. The summed E-state index contributed by atoms with van der Waals surface area (Å²) in [6, 6.07) is 14.3. The maximum atomic E-state index is 5.54. The second-order valence-electron chi connectivity index (χ2n) is 6.02. The molecule has 2 N–H and O–H groups in total. The van der Waals surface area contributed by atoms with Gasteiger partial charge in [-0.25, -0.2) is 0 Å². The van der Waals surface area contributed by atoms with E-state index in [1.165, 1.54) is 5.56 Å². The van der Waals surface area contributed by atoms with Crippen LogP contribution in [-0.2, 0) is 6.42 Å². The molecule has 0 spiro atoms. The quantitative estimate of drug-likeness (QED) is 0.551. The van der Waals surface area contributed by atoms with Gasteiger partial charge in [-0.15, -0.1) is 0 Å². The Morgan fingerprint density at radius 1 is 0.963 bits per heavy atom. The molecule has 2 aromatic carbocycles. The van der Waals surface area contributed by atoms with Crippen LogP contribution < -0.4 is 24.8 Å². The Morgan fingerprint density at radius 2 is 1.67 bits per heavy atom. The summed E-state index contributed by atoms with van der Waals surface area (Å²) < 4.78 is 16.3. The van der Waals surface area contributed by atoms with Crippen molar-refractivity contribution < 1.29 is 14.2 Å². The van der Waals surface area contributed by atoms with Crippen molar-refractivity contribution in [2.75, 3.05) is 34.9 Å². The number of hydrogen-bond acceptors (Lipinski definition) is 4. The van der Waals surface area contributed by atoms with Crippen LogP contribution in [0.3, 0.4) is 0 Å². The van der Waals surface area contributed by atoms with E-state index in [1.807, 2.05) is 30.3 Å². The van der Waals surface area contributed by atoms with Crippen molar-refractivity contribution in [3.05, 3.63) is 53.6 Å². The van der Waals surface area contributed by atoms with E-state index >= 15 is 0 Å². The third-order valence-electron chi connectivity index (χ3n) is 4.35. The molecule has 6 heteroatoms. The summed E-state index contributed by atoms with van der Waals surface area (Å²) in [4.78, 5) is 4.31. The third-order valence-corrected chi connectivity index (χ3v) is 4.35. The van der Waals surface area contributed by atoms with Crippen molar-refractivity contribution >= 4 is 5.96 Å². The predicted molar refractivity (Wildman–Crippen MR) is 109 cm³/mol. The van der Waals surface area contributed by atoms with Gasteiger partial charge >= 0.3 is 0 Å². The minimum Gasteiger partial charge on any atom is -0.493 e. The van der Waals surface area contributed by atoms with E-state index in [4.69, 9.17) is 14.2 Å². The molecular formula is C21H29N3O3. The summed E-state index contributed by atoms with van der Waals surface area (Å²) in [7, 11) is 6.63. The molecule has 27 heavy (non-hydrogen) atoms. The van der Waals surface area contributed by atoms with Gasteiger partial charge in [0, 0.05) is 19.2 Å². The topological polar surface area (TPSA) is 64.1 Å². The lowest BCUT2D eigenvalue weighted by Crippen LogP contribution is -2.39. The first-order chi connectivity index (χ1) is 13.1. The summed E-state index contributed by atoms with van der Waals surface area (Å²) >= 11 is 0. The SMILES string of the molecule is CN=C(NCCc1ccc(OC)c(OC)c1OC)NC(C)c1ccccc1. The first-order valence-corrected chi connectivity index (χ1v) is 8.94.